The SMILES string of the molecule is CC(C)(C)OC(=O)NCC1(c2cccc(Cl)c2)CCC(NCCc2cccc(S(C)(=N)=O)c2)CC1. The van der Waals surface area contributed by atoms with Crippen molar-refractivity contribution >= 4 is 27.4 Å². The first-order chi connectivity index (χ1) is 16.4. The minimum Gasteiger partial charge on any atom is -0.444 e. The van der Waals surface area contributed by atoms with Crippen LogP contribution in [-0.2, 0) is 26.3 Å². The Morgan fingerprint density at radius 3 is 2.49 bits per heavy atom. The zero-order valence-electron chi connectivity index (χ0n) is 21.2. The average Bonchev–Trinajstić information content (AvgIpc) is 2.77. The van der Waals surface area contributed by atoms with Crippen LogP contribution >= 0.6 is 11.6 Å². The van der Waals surface area contributed by atoms with Crippen LogP contribution < -0.4 is 10.6 Å². The van der Waals surface area contributed by atoms with E-state index in [9.17, 15) is 9.00 Å². The van der Waals surface area contributed by atoms with E-state index >= 15 is 0 Å². The van der Waals surface area contributed by atoms with Crippen LogP contribution in [0.1, 0.15) is 57.6 Å². The van der Waals surface area contributed by atoms with Crippen LogP contribution in [0.3, 0.4) is 0 Å². The third-order valence-corrected chi connectivity index (χ3v) is 7.93. The molecule has 2 aromatic rings. The minimum atomic E-state index is -2.70. The fourth-order valence-electron chi connectivity index (χ4n) is 4.68. The van der Waals surface area contributed by atoms with Crippen LogP contribution in [0.15, 0.2) is 53.4 Å². The van der Waals surface area contributed by atoms with Gasteiger partial charge in [0.2, 0.25) is 0 Å². The first kappa shape index (κ1) is 27.5. The lowest BCUT2D eigenvalue weighted by molar-refractivity contribution is 0.0506. The topological polar surface area (TPSA) is 91.3 Å². The molecule has 1 unspecified atom stereocenters. The summed E-state index contributed by atoms with van der Waals surface area (Å²) in [4.78, 5) is 12.9. The number of carbonyl (C=O) groups is 1. The molecule has 192 valence electrons. The van der Waals surface area contributed by atoms with Crippen molar-refractivity contribution in [1.29, 1.82) is 4.78 Å². The molecule has 1 fully saturated rings. The molecule has 0 spiro atoms. The molecule has 0 radical (unpaired) electrons. The number of ether oxygens (including phenoxy) is 1. The lowest BCUT2D eigenvalue weighted by atomic mass is 9.68. The molecule has 3 rings (SSSR count). The summed E-state index contributed by atoms with van der Waals surface area (Å²) in [6, 6.07) is 15.9. The van der Waals surface area contributed by atoms with Gasteiger partial charge in [-0.05, 0) is 94.8 Å². The predicted octanol–water partition coefficient (Wildman–Crippen LogP) is 5.91. The maximum atomic E-state index is 12.4. The summed E-state index contributed by atoms with van der Waals surface area (Å²) in [7, 11) is -2.70. The quantitative estimate of drug-likeness (QED) is 0.404. The van der Waals surface area contributed by atoms with Crippen molar-refractivity contribution in [3.63, 3.8) is 0 Å². The zero-order valence-corrected chi connectivity index (χ0v) is 22.7. The number of benzene rings is 2. The molecule has 0 saturated heterocycles. The number of hydrogen-bond acceptors (Lipinski definition) is 5. The Hall–Kier alpha value is -2.09. The van der Waals surface area contributed by atoms with E-state index in [1.807, 2.05) is 57.2 Å². The van der Waals surface area contributed by atoms with Gasteiger partial charge in [-0.2, -0.15) is 0 Å². The molecule has 1 atom stereocenters. The number of nitrogens with one attached hydrogen (secondary N) is 3. The summed E-state index contributed by atoms with van der Waals surface area (Å²) in [5, 5.41) is 7.37. The number of amides is 1. The fourth-order valence-corrected chi connectivity index (χ4v) is 5.58. The minimum absolute atomic E-state index is 0.191. The molecule has 0 aliphatic heterocycles. The number of rotatable bonds is 8. The smallest absolute Gasteiger partial charge is 0.407 e. The first-order valence-electron chi connectivity index (χ1n) is 12.2. The van der Waals surface area contributed by atoms with E-state index in [1.54, 1.807) is 6.07 Å². The highest BCUT2D eigenvalue weighted by Crippen LogP contribution is 2.40. The lowest BCUT2D eigenvalue weighted by Crippen LogP contribution is -2.47. The Kier molecular flexibility index (Phi) is 8.89. The molecular weight excluding hydrogens is 482 g/mol. The summed E-state index contributed by atoms with van der Waals surface area (Å²) in [5.41, 5.74) is 1.50. The second kappa shape index (κ2) is 11.3. The summed E-state index contributed by atoms with van der Waals surface area (Å²) in [6.07, 6.45) is 5.69. The molecule has 1 aliphatic rings. The van der Waals surface area contributed by atoms with Gasteiger partial charge in [-0.3, -0.25) is 0 Å². The van der Waals surface area contributed by atoms with Crippen molar-refractivity contribution in [1.82, 2.24) is 10.6 Å². The van der Waals surface area contributed by atoms with E-state index in [0.717, 1.165) is 49.8 Å². The van der Waals surface area contributed by atoms with Gasteiger partial charge in [0.1, 0.15) is 5.60 Å². The third-order valence-electron chi connectivity index (χ3n) is 6.54. The summed E-state index contributed by atoms with van der Waals surface area (Å²) in [6.45, 7) is 6.90. The fraction of sp³-hybridized carbons (Fsp3) is 0.519. The largest absolute Gasteiger partial charge is 0.444 e. The molecule has 2 aromatic carbocycles. The van der Waals surface area contributed by atoms with Gasteiger partial charge in [-0.15, -0.1) is 0 Å². The van der Waals surface area contributed by atoms with Crippen molar-refractivity contribution < 1.29 is 13.7 Å². The maximum absolute atomic E-state index is 12.4. The standard InChI is InChI=1S/C27H38ClN3O3S/c1-26(2,3)34-25(32)31-19-27(21-8-6-9-22(28)18-21)14-11-23(12-15-27)30-16-13-20-7-5-10-24(17-20)35(4,29)33/h5-10,17-18,23,29-30H,11-16,19H2,1-4H3,(H,31,32). The van der Waals surface area contributed by atoms with Crippen molar-refractivity contribution in [2.45, 2.75) is 74.8 Å². The molecule has 1 aliphatic carbocycles. The second-order valence-electron chi connectivity index (χ2n) is 10.6. The van der Waals surface area contributed by atoms with Crippen LogP contribution in [0.25, 0.3) is 0 Å². The first-order valence-corrected chi connectivity index (χ1v) is 14.5. The molecule has 3 N–H and O–H groups in total. The summed E-state index contributed by atoms with van der Waals surface area (Å²) in [5.74, 6) is 0. The van der Waals surface area contributed by atoms with Crippen LogP contribution in [0.4, 0.5) is 4.79 Å². The summed E-state index contributed by atoms with van der Waals surface area (Å²) < 4.78 is 25.3. The van der Waals surface area contributed by atoms with Crippen LogP contribution in [-0.4, -0.2) is 41.3 Å². The Bertz CT molecular complexity index is 1120. The van der Waals surface area contributed by atoms with Crippen molar-refractivity contribution in [2.24, 2.45) is 0 Å². The molecular formula is C27H38ClN3O3S. The molecule has 1 saturated carbocycles. The highest BCUT2D eigenvalue weighted by molar-refractivity contribution is 7.91. The second-order valence-corrected chi connectivity index (χ2v) is 13.2. The summed E-state index contributed by atoms with van der Waals surface area (Å²) >= 11 is 6.32. The molecule has 0 bridgehead atoms. The van der Waals surface area contributed by atoms with Gasteiger partial charge in [-0.1, -0.05) is 35.9 Å². The van der Waals surface area contributed by atoms with Crippen molar-refractivity contribution in [3.8, 4) is 0 Å². The van der Waals surface area contributed by atoms with Gasteiger partial charge in [0, 0.05) is 34.2 Å². The Balaban J connectivity index is 1.60. The third kappa shape index (κ3) is 8.23. The number of hydrogen-bond donors (Lipinski definition) is 3. The van der Waals surface area contributed by atoms with Gasteiger partial charge in [-0.25, -0.2) is 13.8 Å². The van der Waals surface area contributed by atoms with E-state index in [0.29, 0.717) is 22.5 Å². The van der Waals surface area contributed by atoms with E-state index in [-0.39, 0.29) is 5.41 Å². The molecule has 0 heterocycles. The average molecular weight is 520 g/mol. The highest BCUT2D eigenvalue weighted by atomic mass is 35.5. The Morgan fingerprint density at radius 1 is 1.17 bits per heavy atom. The predicted molar refractivity (Wildman–Crippen MR) is 143 cm³/mol. The monoisotopic (exact) mass is 519 g/mol. The van der Waals surface area contributed by atoms with Gasteiger partial charge in [0.15, 0.2) is 0 Å². The zero-order chi connectivity index (χ0) is 25.7. The van der Waals surface area contributed by atoms with E-state index in [4.69, 9.17) is 21.1 Å². The highest BCUT2D eigenvalue weighted by Gasteiger charge is 2.37. The normalized spacial score (nSPS) is 22.3. The molecule has 35 heavy (non-hydrogen) atoms. The maximum Gasteiger partial charge on any atom is 0.407 e. The van der Waals surface area contributed by atoms with Gasteiger partial charge in [0.25, 0.3) is 0 Å². The van der Waals surface area contributed by atoms with Crippen LogP contribution in [0, 0.1) is 4.78 Å². The van der Waals surface area contributed by atoms with E-state index in [2.05, 4.69) is 16.7 Å². The lowest BCUT2D eigenvalue weighted by Gasteiger charge is -2.41. The van der Waals surface area contributed by atoms with Crippen molar-refractivity contribution in [2.75, 3.05) is 19.3 Å². The number of alkyl carbamates (subject to hydrolysis) is 1. The number of carbonyl (C=O) groups excluding carboxylic acids is 1. The van der Waals surface area contributed by atoms with Crippen LogP contribution in [0.5, 0.6) is 0 Å². The van der Waals surface area contributed by atoms with Crippen LogP contribution in [0.2, 0.25) is 5.02 Å². The molecule has 6 nitrogen and oxygen atoms in total. The van der Waals surface area contributed by atoms with Gasteiger partial charge in [0.05, 0.1) is 9.73 Å². The van der Waals surface area contributed by atoms with Gasteiger partial charge >= 0.3 is 6.09 Å². The van der Waals surface area contributed by atoms with Crippen molar-refractivity contribution in [3.05, 3.63) is 64.7 Å². The molecule has 8 heteroatoms. The Morgan fingerprint density at radius 2 is 1.86 bits per heavy atom. The molecule has 1 amide bonds. The van der Waals surface area contributed by atoms with Gasteiger partial charge < -0.3 is 15.4 Å². The Labute approximate surface area is 215 Å². The van der Waals surface area contributed by atoms with E-state index < -0.39 is 21.4 Å². The molecule has 0 aromatic heterocycles. The number of halogens is 1. The van der Waals surface area contributed by atoms with E-state index in [1.165, 1.54) is 6.26 Å².